The average molecular weight is 1420 g/mol. The fourth-order valence-electron chi connectivity index (χ4n) is 11.8. The van der Waals surface area contributed by atoms with Crippen LogP contribution in [-0.2, 0) is 76.8 Å². The Morgan fingerprint density at radius 2 is 1.07 bits per heavy atom. The lowest BCUT2D eigenvalue weighted by Gasteiger charge is -2.31. The molecule has 0 aliphatic carbocycles. The number of para-hydroxylation sites is 1. The Hall–Kier alpha value is -10.0. The predicted octanol–water partition coefficient (Wildman–Crippen LogP) is -1.32. The number of aliphatic hydroxyl groups is 2. The molecule has 0 saturated carbocycles. The van der Waals surface area contributed by atoms with Crippen LogP contribution in [0.5, 0.6) is 0 Å². The Labute approximate surface area is 592 Å². The quantitative estimate of drug-likeness (QED) is 0.0139. The first-order valence-electron chi connectivity index (χ1n) is 34.4. The van der Waals surface area contributed by atoms with E-state index < -0.39 is 163 Å². The van der Waals surface area contributed by atoms with Crippen LogP contribution in [0.25, 0.3) is 10.9 Å². The number of carboxylic acid groups (broad SMARTS) is 2. The Bertz CT molecular complexity index is 3480. The van der Waals surface area contributed by atoms with Gasteiger partial charge in [-0.05, 0) is 119 Å². The van der Waals surface area contributed by atoms with E-state index in [0.29, 0.717) is 41.3 Å². The minimum atomic E-state index is -1.87. The maximum atomic E-state index is 14.8. The van der Waals surface area contributed by atoms with E-state index in [4.69, 9.17) is 22.6 Å². The number of rotatable bonds is 43. The van der Waals surface area contributed by atoms with E-state index >= 15 is 0 Å². The van der Waals surface area contributed by atoms with Crippen molar-refractivity contribution >= 4 is 87.9 Å². The number of nitrogens with two attached hydrogens (primary N) is 3. The molecule has 3 aromatic carbocycles. The molecule has 0 spiro atoms. The molecule has 10 amide bonds. The van der Waals surface area contributed by atoms with Gasteiger partial charge in [0, 0.05) is 49.5 Å². The molecule has 0 bridgehead atoms. The minimum absolute atomic E-state index is 0.00619. The van der Waals surface area contributed by atoms with Crippen molar-refractivity contribution in [2.24, 2.45) is 29.0 Å². The summed E-state index contributed by atoms with van der Waals surface area (Å²) >= 11 is 0. The van der Waals surface area contributed by atoms with Gasteiger partial charge >= 0.3 is 11.9 Å². The first kappa shape index (κ1) is 82.6. The number of guanidine groups is 1. The molecule has 1 aromatic heterocycles. The topological polar surface area (TPSA) is 527 Å². The van der Waals surface area contributed by atoms with E-state index in [1.54, 1.807) is 74.6 Å². The zero-order chi connectivity index (χ0) is 75.2. The smallest absolute Gasteiger partial charge is 0.326 e. The van der Waals surface area contributed by atoms with Gasteiger partial charge in [0.2, 0.25) is 59.1 Å². The minimum Gasteiger partial charge on any atom is -0.481 e. The lowest BCUT2D eigenvalue weighted by molar-refractivity contribution is -0.143. The van der Waals surface area contributed by atoms with Gasteiger partial charge in [0.25, 0.3) is 0 Å². The number of nitrogens with one attached hydrogen (secondary N) is 12. The number of benzene rings is 3. The number of carbonyl (C=O) groups is 12. The molecule has 1 aliphatic rings. The molecule has 0 radical (unpaired) electrons. The van der Waals surface area contributed by atoms with E-state index in [-0.39, 0.29) is 95.2 Å². The molecule has 32 nitrogen and oxygen atoms in total. The SMILES string of the molecule is CC(C)C[C@H](NC(=O)[C@@H](NC(=O)[C@H](CO)NC(=O)[C@@H]1CCCN1C(=O)[C@H](CC(C)C)NC(=O)[C@H](Cc1ccccc1)NC(=O)[C@@H](N)Cc1ccccc1)[C@@H](C)O)C(=O)N[C@@H](Cc1c[nH]c2ccccc12)C(=O)N[C@@H](CCC(=O)O)C(=O)N[C@@H](CCCNC(=N)N)C(=O)N[C@@H](CCCCN)C(=O)O. The molecule has 22 N–H and O–H groups in total. The number of hydrogen-bond donors (Lipinski definition) is 19. The van der Waals surface area contributed by atoms with Crippen molar-refractivity contribution in [3.05, 3.63) is 108 Å². The van der Waals surface area contributed by atoms with Crippen molar-refractivity contribution in [3.63, 3.8) is 0 Å². The molecule has 12 atom stereocenters. The van der Waals surface area contributed by atoms with Crippen molar-refractivity contribution < 1.29 is 78.0 Å². The molecule has 102 heavy (non-hydrogen) atoms. The monoisotopic (exact) mass is 1420 g/mol. The van der Waals surface area contributed by atoms with Gasteiger partial charge in [-0.15, -0.1) is 0 Å². The zero-order valence-electron chi connectivity index (χ0n) is 58.3. The summed E-state index contributed by atoms with van der Waals surface area (Å²) in [6, 6.07) is 8.99. The maximum Gasteiger partial charge on any atom is 0.326 e. The summed E-state index contributed by atoms with van der Waals surface area (Å²) in [5.74, 6) is -12.7. The number of H-pyrrole nitrogens is 1. The highest BCUT2D eigenvalue weighted by atomic mass is 16.4. The van der Waals surface area contributed by atoms with Crippen molar-refractivity contribution in [2.45, 2.75) is 197 Å². The number of unbranched alkanes of at least 4 members (excludes halogenated alkanes) is 1. The summed E-state index contributed by atoms with van der Waals surface area (Å²) in [6.07, 6.45) is -0.268. The van der Waals surface area contributed by atoms with Crippen LogP contribution in [0.3, 0.4) is 0 Å². The fraction of sp³-hybridized carbons (Fsp3) is 0.529. The van der Waals surface area contributed by atoms with Gasteiger partial charge in [-0.2, -0.15) is 0 Å². The average Bonchev–Trinajstić information content (AvgIpc) is 1.62. The third kappa shape index (κ3) is 26.8. The molecule has 0 unspecified atom stereocenters. The number of aliphatic carboxylic acids is 2. The van der Waals surface area contributed by atoms with Gasteiger partial charge in [-0.25, -0.2) is 4.79 Å². The van der Waals surface area contributed by atoms with E-state index in [9.17, 15) is 78.0 Å². The molecule has 32 heteroatoms. The van der Waals surface area contributed by atoms with Crippen LogP contribution in [0.1, 0.15) is 122 Å². The number of amides is 10. The normalized spacial score (nSPS) is 16.0. The number of aliphatic hydroxyl groups excluding tert-OH is 2. The Morgan fingerprint density at radius 1 is 0.569 bits per heavy atom. The van der Waals surface area contributed by atoms with Crippen molar-refractivity contribution in [1.29, 1.82) is 5.41 Å². The van der Waals surface area contributed by atoms with Gasteiger partial charge < -0.3 is 101 Å². The Morgan fingerprint density at radius 3 is 1.65 bits per heavy atom. The summed E-state index contributed by atoms with van der Waals surface area (Å²) in [6.45, 7) is 7.57. The van der Waals surface area contributed by atoms with Crippen LogP contribution < -0.4 is 70.4 Å². The molecule has 4 aromatic rings. The van der Waals surface area contributed by atoms with Crippen LogP contribution in [0.2, 0.25) is 0 Å². The Balaban J connectivity index is 1.34. The molecular formula is C70H102N16O16. The summed E-state index contributed by atoms with van der Waals surface area (Å²) in [4.78, 5) is 171. The maximum absolute atomic E-state index is 14.8. The molecule has 558 valence electrons. The van der Waals surface area contributed by atoms with Crippen molar-refractivity contribution in [1.82, 2.24) is 63.1 Å². The summed E-state index contributed by atoms with van der Waals surface area (Å²) in [5.41, 5.74) is 20.0. The van der Waals surface area contributed by atoms with E-state index in [0.717, 1.165) is 12.5 Å². The lowest BCUT2D eigenvalue weighted by atomic mass is 9.99. The fourth-order valence-corrected chi connectivity index (χ4v) is 11.8. The molecule has 1 fully saturated rings. The second kappa shape index (κ2) is 41.6. The Kier molecular flexibility index (Phi) is 33.7. The number of aromatic nitrogens is 1. The highest BCUT2D eigenvalue weighted by molar-refractivity contribution is 6.00. The van der Waals surface area contributed by atoms with Crippen molar-refractivity contribution in [2.75, 3.05) is 26.2 Å². The van der Waals surface area contributed by atoms with Gasteiger partial charge in [0.15, 0.2) is 5.96 Å². The van der Waals surface area contributed by atoms with Gasteiger partial charge in [0.05, 0.1) is 18.8 Å². The predicted molar refractivity (Wildman–Crippen MR) is 377 cm³/mol. The summed E-state index contributed by atoms with van der Waals surface area (Å²) in [7, 11) is 0. The highest BCUT2D eigenvalue weighted by Crippen LogP contribution is 2.23. The van der Waals surface area contributed by atoms with Crippen LogP contribution in [-0.4, -0.2) is 206 Å². The second-order valence-corrected chi connectivity index (χ2v) is 26.4. The first-order valence-corrected chi connectivity index (χ1v) is 34.4. The third-order valence-corrected chi connectivity index (χ3v) is 17.1. The number of aromatic amines is 1. The number of hydrogen-bond acceptors (Lipinski definition) is 17. The molecule has 1 aliphatic heterocycles. The standard InChI is InChI=1S/C70H102N16O16/c1-39(2)32-51(62(94)81-53(36-44-37-76-47-23-13-12-22-45(44)47)64(96)78-49(27-28-57(89)90)61(93)77-48(25-16-30-75-70(73)74)60(92)79-50(69(101)102)24-14-15-29-71)82-67(99)58(41(5)88)85-65(97)55(38-87)84-66(98)56-26-17-31-86(56)68(100)54(33-40(3)4)83-63(95)52(35-43-20-10-7-11-21-43)80-59(91)46(72)34-42-18-8-6-9-19-42/h6-13,18-23,37,39-41,46,48-56,58,76,87-88H,14-17,24-36,38,71-72H2,1-5H3,(H,77,93)(H,78,96)(H,79,92)(H,80,91)(H,81,94)(H,82,99)(H,83,95)(H,84,98)(H,85,97)(H,89,90)(H,101,102)(H4,73,74,75)/t41-,46+,48+,49+,50+,51+,52+,53+,54+,55+,56+,58+/m1/s1. The summed E-state index contributed by atoms with van der Waals surface area (Å²) in [5, 5.41) is 75.2. The van der Waals surface area contributed by atoms with Crippen LogP contribution in [0, 0.1) is 17.2 Å². The number of carboxylic acids is 2. The lowest BCUT2D eigenvalue weighted by Crippen LogP contribution is -2.62. The van der Waals surface area contributed by atoms with Gasteiger partial charge in [-0.3, -0.25) is 58.1 Å². The van der Waals surface area contributed by atoms with Gasteiger partial charge in [0.1, 0.15) is 60.4 Å². The molecular weight excluding hydrogens is 1320 g/mol. The molecule has 1 saturated heterocycles. The number of likely N-dealkylation sites (tertiary alicyclic amines) is 1. The summed E-state index contributed by atoms with van der Waals surface area (Å²) < 4.78 is 0. The van der Waals surface area contributed by atoms with Crippen molar-refractivity contribution in [3.8, 4) is 0 Å². The first-order chi connectivity index (χ1) is 48.5. The highest BCUT2D eigenvalue weighted by Gasteiger charge is 2.42. The number of fused-ring (bicyclic) bond motifs is 1. The van der Waals surface area contributed by atoms with Crippen LogP contribution >= 0.6 is 0 Å². The largest absolute Gasteiger partial charge is 0.481 e. The number of carbonyl (C=O) groups excluding carboxylic acids is 10. The van der Waals surface area contributed by atoms with Crippen LogP contribution in [0.15, 0.2) is 91.1 Å². The second-order valence-electron chi connectivity index (χ2n) is 26.4. The van der Waals surface area contributed by atoms with Gasteiger partial charge in [-0.1, -0.05) is 107 Å². The zero-order valence-corrected chi connectivity index (χ0v) is 58.3. The van der Waals surface area contributed by atoms with E-state index in [2.05, 4.69) is 58.2 Å². The number of nitrogens with zero attached hydrogens (tertiary/aromatic N) is 1. The van der Waals surface area contributed by atoms with Crippen LogP contribution in [0.4, 0.5) is 0 Å². The van der Waals surface area contributed by atoms with E-state index in [1.807, 2.05) is 44.2 Å². The molecule has 2 heterocycles. The third-order valence-electron chi connectivity index (χ3n) is 17.1. The van der Waals surface area contributed by atoms with E-state index in [1.165, 1.54) is 4.90 Å². The molecule has 5 rings (SSSR count).